The molecule has 0 unspecified atom stereocenters. The van der Waals surface area contributed by atoms with Crippen LogP contribution in [-0.2, 0) is 9.59 Å². The number of nitrogens with one attached hydrogen (secondary N) is 1. The van der Waals surface area contributed by atoms with E-state index in [4.69, 9.17) is 16.3 Å². The summed E-state index contributed by atoms with van der Waals surface area (Å²) in [6.07, 6.45) is 0.439. The molecule has 8 heteroatoms. The highest BCUT2D eigenvalue weighted by molar-refractivity contribution is 6.34. The number of imide groups is 1. The first-order chi connectivity index (χ1) is 12.9. The molecule has 1 saturated heterocycles. The van der Waals surface area contributed by atoms with Crippen molar-refractivity contribution in [2.24, 2.45) is 0 Å². The van der Waals surface area contributed by atoms with Crippen LogP contribution in [0.2, 0.25) is 5.02 Å². The van der Waals surface area contributed by atoms with E-state index in [1.807, 2.05) is 6.92 Å². The molecule has 0 aliphatic carbocycles. The van der Waals surface area contributed by atoms with Gasteiger partial charge in [-0.1, -0.05) is 11.6 Å². The molecule has 0 bridgehead atoms. The Morgan fingerprint density at radius 3 is 2.56 bits per heavy atom. The van der Waals surface area contributed by atoms with Crippen molar-refractivity contribution in [2.45, 2.75) is 26.7 Å². The molecule has 1 fully saturated rings. The summed E-state index contributed by atoms with van der Waals surface area (Å²) in [5.74, 6) is -0.612. The average molecular weight is 388 g/mol. The third kappa shape index (κ3) is 3.93. The first-order valence-electron chi connectivity index (χ1n) is 8.48. The number of carbonyl (C=O) groups is 3. The Kier molecular flexibility index (Phi) is 5.41. The van der Waals surface area contributed by atoms with Crippen molar-refractivity contribution in [1.82, 2.24) is 4.98 Å². The van der Waals surface area contributed by atoms with Gasteiger partial charge in [-0.25, -0.2) is 4.98 Å². The van der Waals surface area contributed by atoms with Gasteiger partial charge in [-0.15, -0.1) is 0 Å². The van der Waals surface area contributed by atoms with Crippen LogP contribution in [0.3, 0.4) is 0 Å². The van der Waals surface area contributed by atoms with E-state index in [1.54, 1.807) is 37.3 Å². The maximum atomic E-state index is 12.5. The Balaban J connectivity index is 1.81. The van der Waals surface area contributed by atoms with Gasteiger partial charge < -0.3 is 10.1 Å². The van der Waals surface area contributed by atoms with Gasteiger partial charge >= 0.3 is 0 Å². The van der Waals surface area contributed by atoms with E-state index >= 15 is 0 Å². The molecule has 140 valence electrons. The zero-order valence-electron chi connectivity index (χ0n) is 14.9. The highest BCUT2D eigenvalue weighted by atomic mass is 35.5. The fourth-order valence-corrected chi connectivity index (χ4v) is 3.02. The van der Waals surface area contributed by atoms with Gasteiger partial charge in [0.05, 0.1) is 17.3 Å². The number of pyridine rings is 1. The number of anilines is 2. The number of aromatic nitrogens is 1. The summed E-state index contributed by atoms with van der Waals surface area (Å²) in [4.78, 5) is 41.6. The number of halogens is 1. The summed E-state index contributed by atoms with van der Waals surface area (Å²) in [5, 5.41) is 2.93. The maximum Gasteiger partial charge on any atom is 0.275 e. The van der Waals surface area contributed by atoms with Crippen LogP contribution in [0, 0.1) is 6.92 Å². The third-order valence-corrected chi connectivity index (χ3v) is 4.38. The van der Waals surface area contributed by atoms with Gasteiger partial charge in [0.2, 0.25) is 17.7 Å². The largest absolute Gasteiger partial charge is 0.478 e. The molecule has 0 saturated carbocycles. The number of carbonyl (C=O) groups excluding carboxylic acids is 3. The van der Waals surface area contributed by atoms with E-state index in [0.717, 1.165) is 0 Å². The van der Waals surface area contributed by atoms with Crippen LogP contribution in [0.15, 0.2) is 30.3 Å². The van der Waals surface area contributed by atoms with Crippen LogP contribution in [0.1, 0.15) is 35.8 Å². The quantitative estimate of drug-likeness (QED) is 0.795. The number of aryl methyl sites for hydroxylation is 1. The van der Waals surface area contributed by atoms with Gasteiger partial charge in [0.1, 0.15) is 0 Å². The molecule has 1 N–H and O–H groups in total. The number of rotatable bonds is 5. The van der Waals surface area contributed by atoms with Crippen LogP contribution in [-0.4, -0.2) is 29.3 Å². The number of benzene rings is 1. The van der Waals surface area contributed by atoms with Crippen molar-refractivity contribution in [3.05, 3.63) is 46.6 Å². The minimum absolute atomic E-state index is 0.0502. The number of hydrogen-bond donors (Lipinski definition) is 1. The van der Waals surface area contributed by atoms with Crippen molar-refractivity contribution >= 4 is 40.7 Å². The number of ether oxygens (including phenoxy) is 1. The number of amides is 3. The topological polar surface area (TPSA) is 88.6 Å². The second kappa shape index (κ2) is 7.75. The molecule has 3 amide bonds. The van der Waals surface area contributed by atoms with Crippen LogP contribution in [0.4, 0.5) is 11.4 Å². The molecular formula is C19H18ClN3O4. The molecule has 0 atom stereocenters. The molecule has 1 aliphatic heterocycles. The van der Waals surface area contributed by atoms with E-state index in [9.17, 15) is 14.4 Å². The lowest BCUT2D eigenvalue weighted by atomic mass is 10.1. The van der Waals surface area contributed by atoms with Gasteiger partial charge in [-0.3, -0.25) is 19.3 Å². The minimum Gasteiger partial charge on any atom is -0.478 e. The van der Waals surface area contributed by atoms with E-state index in [1.165, 1.54) is 4.90 Å². The lowest BCUT2D eigenvalue weighted by Gasteiger charge is -2.17. The molecule has 3 rings (SSSR count). The van der Waals surface area contributed by atoms with Crippen molar-refractivity contribution in [1.29, 1.82) is 0 Å². The summed E-state index contributed by atoms with van der Waals surface area (Å²) in [7, 11) is 0. The van der Waals surface area contributed by atoms with Crippen molar-refractivity contribution in [2.75, 3.05) is 16.8 Å². The first kappa shape index (κ1) is 18.8. The highest BCUT2D eigenvalue weighted by Gasteiger charge is 2.31. The lowest BCUT2D eigenvalue weighted by Crippen LogP contribution is -2.29. The molecule has 2 heterocycles. The van der Waals surface area contributed by atoms with E-state index in [-0.39, 0.29) is 35.4 Å². The zero-order valence-corrected chi connectivity index (χ0v) is 15.7. The van der Waals surface area contributed by atoms with Crippen LogP contribution in [0.5, 0.6) is 5.88 Å². The summed E-state index contributed by atoms with van der Waals surface area (Å²) < 4.78 is 5.29. The smallest absolute Gasteiger partial charge is 0.275 e. The summed E-state index contributed by atoms with van der Waals surface area (Å²) in [6, 6.07) is 8.09. The van der Waals surface area contributed by atoms with Gasteiger partial charge in [-0.05, 0) is 43.7 Å². The number of nitrogens with zero attached hydrogens (tertiary/aromatic N) is 2. The SMILES string of the molecule is CCOc1ccc(Cl)c(C(=O)Nc2ccc(N3C(=O)CCC3=O)c(C)c2)n1. The van der Waals surface area contributed by atoms with Crippen LogP contribution < -0.4 is 15.0 Å². The van der Waals surface area contributed by atoms with Gasteiger partial charge in [-0.2, -0.15) is 0 Å². The van der Waals surface area contributed by atoms with Crippen molar-refractivity contribution in [3.63, 3.8) is 0 Å². The molecular weight excluding hydrogens is 370 g/mol. The molecule has 27 heavy (non-hydrogen) atoms. The van der Waals surface area contributed by atoms with E-state index < -0.39 is 5.91 Å². The lowest BCUT2D eigenvalue weighted by molar-refractivity contribution is -0.121. The average Bonchev–Trinajstić information content (AvgIpc) is 2.96. The van der Waals surface area contributed by atoms with Crippen molar-refractivity contribution in [3.8, 4) is 5.88 Å². The predicted molar refractivity (Wildman–Crippen MR) is 101 cm³/mol. The van der Waals surface area contributed by atoms with E-state index in [2.05, 4.69) is 10.3 Å². The third-order valence-electron chi connectivity index (χ3n) is 4.07. The molecule has 1 aromatic carbocycles. The van der Waals surface area contributed by atoms with Crippen LogP contribution >= 0.6 is 11.6 Å². The molecule has 7 nitrogen and oxygen atoms in total. The minimum atomic E-state index is -0.484. The Hall–Kier alpha value is -2.93. The van der Waals surface area contributed by atoms with E-state index in [0.29, 0.717) is 29.4 Å². The second-order valence-corrected chi connectivity index (χ2v) is 6.40. The second-order valence-electron chi connectivity index (χ2n) is 5.99. The van der Waals surface area contributed by atoms with Gasteiger partial charge in [0, 0.05) is 24.6 Å². The zero-order chi connectivity index (χ0) is 19.6. The molecule has 1 aromatic heterocycles. The molecule has 0 spiro atoms. The summed E-state index contributed by atoms with van der Waals surface area (Å²) in [6.45, 7) is 4.01. The summed E-state index contributed by atoms with van der Waals surface area (Å²) >= 11 is 6.07. The Bertz CT molecular complexity index is 913. The molecule has 0 radical (unpaired) electrons. The molecule has 1 aliphatic rings. The Labute approximate surface area is 161 Å². The fourth-order valence-electron chi connectivity index (χ4n) is 2.83. The van der Waals surface area contributed by atoms with Gasteiger partial charge in [0.15, 0.2) is 5.69 Å². The maximum absolute atomic E-state index is 12.5. The Morgan fingerprint density at radius 2 is 1.93 bits per heavy atom. The fraction of sp³-hybridized carbons (Fsp3) is 0.263. The summed E-state index contributed by atoms with van der Waals surface area (Å²) in [5.41, 5.74) is 1.77. The monoisotopic (exact) mass is 387 g/mol. The van der Waals surface area contributed by atoms with Crippen LogP contribution in [0.25, 0.3) is 0 Å². The number of hydrogen-bond acceptors (Lipinski definition) is 5. The standard InChI is InChI=1S/C19H18ClN3O4/c1-3-27-15-7-5-13(20)18(22-15)19(26)21-12-4-6-14(11(2)10-12)23-16(24)8-9-17(23)25/h4-7,10H,3,8-9H2,1-2H3,(H,21,26). The Morgan fingerprint density at radius 1 is 1.22 bits per heavy atom. The normalized spacial score (nSPS) is 13.8. The van der Waals surface area contributed by atoms with Crippen molar-refractivity contribution < 1.29 is 19.1 Å². The van der Waals surface area contributed by atoms with Gasteiger partial charge in [0.25, 0.3) is 5.91 Å². The first-order valence-corrected chi connectivity index (χ1v) is 8.85. The highest BCUT2D eigenvalue weighted by Crippen LogP contribution is 2.28. The molecule has 2 aromatic rings. The predicted octanol–water partition coefficient (Wildman–Crippen LogP) is 3.35.